The topological polar surface area (TPSA) is 70.1 Å². The molecule has 0 saturated carbocycles. The Bertz CT molecular complexity index is 339. The molecular weight excluding hydrogens is 200 g/mol. The van der Waals surface area contributed by atoms with E-state index in [0.717, 1.165) is 10.6 Å². The second-order valence-corrected chi connectivity index (χ2v) is 3.64. The summed E-state index contributed by atoms with van der Waals surface area (Å²) in [5.74, 6) is -1.08. The molecule has 0 aliphatic carbocycles. The molecule has 6 nitrogen and oxygen atoms in total. The molecule has 2 rings (SSSR count). The molecule has 82 valence electrons. The van der Waals surface area contributed by atoms with E-state index in [4.69, 9.17) is 9.94 Å². The molecule has 0 aromatic rings. The summed E-state index contributed by atoms with van der Waals surface area (Å²) in [6.45, 7) is 2.59. The number of hydroxylamine groups is 2. The van der Waals surface area contributed by atoms with Crippen molar-refractivity contribution in [3.05, 3.63) is 11.6 Å². The molecule has 1 N–H and O–H groups in total. The van der Waals surface area contributed by atoms with E-state index >= 15 is 0 Å². The summed E-state index contributed by atoms with van der Waals surface area (Å²) in [5, 5.41) is 9.63. The fraction of sp³-hybridized carbons (Fsp3) is 0.556. The lowest BCUT2D eigenvalue weighted by Gasteiger charge is -2.21. The van der Waals surface area contributed by atoms with Gasteiger partial charge < -0.3 is 10.0 Å². The highest BCUT2D eigenvalue weighted by Gasteiger charge is 2.41. The first-order valence-corrected chi connectivity index (χ1v) is 4.69. The minimum atomic E-state index is -1.08. The van der Waals surface area contributed by atoms with Gasteiger partial charge in [-0.15, -0.1) is 0 Å². The van der Waals surface area contributed by atoms with Crippen LogP contribution in [0.5, 0.6) is 0 Å². The summed E-state index contributed by atoms with van der Waals surface area (Å²) >= 11 is 0. The number of aliphatic carboxylic acids is 1. The Labute approximate surface area is 86.7 Å². The van der Waals surface area contributed by atoms with Crippen molar-refractivity contribution in [2.75, 3.05) is 19.7 Å². The molecule has 15 heavy (non-hydrogen) atoms. The highest BCUT2D eigenvalue weighted by Crippen LogP contribution is 2.25. The molecule has 1 saturated heterocycles. The Hall–Kier alpha value is -1.56. The minimum absolute atomic E-state index is 0.134. The average Bonchev–Trinajstić information content (AvgIpc) is 2.44. The van der Waals surface area contributed by atoms with E-state index in [-0.39, 0.29) is 12.1 Å². The number of urea groups is 1. The number of nitrogens with zero attached hydrogens (tertiary/aromatic N) is 2. The molecule has 1 atom stereocenters. The first-order valence-electron chi connectivity index (χ1n) is 4.69. The van der Waals surface area contributed by atoms with Crippen LogP contribution in [-0.4, -0.2) is 52.8 Å². The number of fused-ring (bicyclic) bond motifs is 2. The molecule has 2 heterocycles. The zero-order valence-corrected chi connectivity index (χ0v) is 8.34. The quantitative estimate of drug-likeness (QED) is 0.672. The molecular formula is C9H12N2O4. The van der Waals surface area contributed by atoms with Crippen molar-refractivity contribution in [1.29, 1.82) is 0 Å². The van der Waals surface area contributed by atoms with Crippen LogP contribution in [0.25, 0.3) is 0 Å². The number of hydrogen-bond donors (Lipinski definition) is 1. The largest absolute Gasteiger partial charge is 0.479 e. The summed E-state index contributed by atoms with van der Waals surface area (Å²) in [4.78, 5) is 28.6. The standard InChI is InChI=1S/C9H12N2O4/c1-6-2-3-10-4-7(6)11(9(10)14)15-5-8(12)13/h2,7H,3-5H2,1H3,(H,12,13). The highest BCUT2D eigenvalue weighted by molar-refractivity contribution is 5.78. The number of amides is 2. The highest BCUT2D eigenvalue weighted by atomic mass is 16.7. The third-order valence-electron chi connectivity index (χ3n) is 2.62. The fourth-order valence-corrected chi connectivity index (χ4v) is 1.78. The maximum Gasteiger partial charge on any atom is 0.344 e. The van der Waals surface area contributed by atoms with Crippen molar-refractivity contribution in [3.63, 3.8) is 0 Å². The number of carbonyl (C=O) groups is 2. The van der Waals surface area contributed by atoms with Crippen LogP contribution in [0.1, 0.15) is 6.92 Å². The number of carboxylic acid groups (broad SMARTS) is 1. The third-order valence-corrected chi connectivity index (χ3v) is 2.62. The van der Waals surface area contributed by atoms with Crippen molar-refractivity contribution >= 4 is 12.0 Å². The van der Waals surface area contributed by atoms with Crippen molar-refractivity contribution in [2.45, 2.75) is 13.0 Å². The summed E-state index contributed by atoms with van der Waals surface area (Å²) in [6.07, 6.45) is 1.95. The van der Waals surface area contributed by atoms with Crippen molar-refractivity contribution in [1.82, 2.24) is 9.96 Å². The lowest BCUT2D eigenvalue weighted by molar-refractivity contribution is -0.164. The van der Waals surface area contributed by atoms with Crippen LogP contribution in [0.15, 0.2) is 11.6 Å². The molecule has 2 amide bonds. The van der Waals surface area contributed by atoms with Gasteiger partial charge in [-0.2, -0.15) is 5.06 Å². The van der Waals surface area contributed by atoms with Crippen LogP contribution in [0.4, 0.5) is 4.79 Å². The van der Waals surface area contributed by atoms with E-state index in [1.165, 1.54) is 0 Å². The van der Waals surface area contributed by atoms with Gasteiger partial charge in [0.05, 0.1) is 6.04 Å². The second kappa shape index (κ2) is 3.54. The second-order valence-electron chi connectivity index (χ2n) is 3.64. The number of carboxylic acids is 1. The lowest BCUT2D eigenvalue weighted by Crippen LogP contribution is -2.35. The molecule has 2 bridgehead atoms. The van der Waals surface area contributed by atoms with Gasteiger partial charge in [0.2, 0.25) is 0 Å². The molecule has 0 spiro atoms. The third kappa shape index (κ3) is 1.68. The SMILES string of the molecule is CC1=CCN2CC1N(OCC(=O)O)C2=O. The molecule has 0 aromatic carbocycles. The van der Waals surface area contributed by atoms with Crippen LogP contribution < -0.4 is 0 Å². The first kappa shape index (κ1) is 9.97. The van der Waals surface area contributed by atoms with Crippen LogP contribution >= 0.6 is 0 Å². The predicted molar refractivity (Wildman–Crippen MR) is 49.9 cm³/mol. The summed E-state index contributed by atoms with van der Waals surface area (Å²) < 4.78 is 0. The van der Waals surface area contributed by atoms with Gasteiger partial charge in [0.1, 0.15) is 0 Å². The molecule has 1 unspecified atom stereocenters. The van der Waals surface area contributed by atoms with Crippen LogP contribution in [0, 0.1) is 0 Å². The van der Waals surface area contributed by atoms with E-state index in [1.807, 2.05) is 13.0 Å². The minimum Gasteiger partial charge on any atom is -0.479 e. The Morgan fingerprint density at radius 1 is 1.73 bits per heavy atom. The maximum absolute atomic E-state index is 11.6. The van der Waals surface area contributed by atoms with Gasteiger partial charge in [-0.25, -0.2) is 9.59 Å². The van der Waals surface area contributed by atoms with Crippen molar-refractivity contribution < 1.29 is 19.5 Å². The van der Waals surface area contributed by atoms with E-state index in [0.29, 0.717) is 13.1 Å². The van der Waals surface area contributed by atoms with Gasteiger partial charge in [0.25, 0.3) is 0 Å². The molecule has 0 aromatic heterocycles. The van der Waals surface area contributed by atoms with E-state index in [9.17, 15) is 9.59 Å². The van der Waals surface area contributed by atoms with Gasteiger partial charge in [0, 0.05) is 13.1 Å². The lowest BCUT2D eigenvalue weighted by atomic mass is 10.1. The fourth-order valence-electron chi connectivity index (χ4n) is 1.78. The van der Waals surface area contributed by atoms with Crippen LogP contribution in [-0.2, 0) is 9.63 Å². The van der Waals surface area contributed by atoms with Gasteiger partial charge in [0.15, 0.2) is 6.61 Å². The van der Waals surface area contributed by atoms with Crippen molar-refractivity contribution in [3.8, 4) is 0 Å². The van der Waals surface area contributed by atoms with Gasteiger partial charge in [-0.1, -0.05) is 6.08 Å². The zero-order valence-electron chi connectivity index (χ0n) is 8.34. The summed E-state index contributed by atoms with van der Waals surface area (Å²) in [6, 6.07) is -0.389. The predicted octanol–water partition coefficient (Wildman–Crippen LogP) is 0.0687. The molecule has 0 radical (unpaired) electrons. The van der Waals surface area contributed by atoms with Crippen molar-refractivity contribution in [2.24, 2.45) is 0 Å². The van der Waals surface area contributed by atoms with Crippen LogP contribution in [0.2, 0.25) is 0 Å². The van der Waals surface area contributed by atoms with E-state index in [1.54, 1.807) is 4.90 Å². The van der Waals surface area contributed by atoms with Gasteiger partial charge in [-0.05, 0) is 12.5 Å². The molecule has 6 heteroatoms. The maximum atomic E-state index is 11.6. The van der Waals surface area contributed by atoms with E-state index < -0.39 is 12.6 Å². The Morgan fingerprint density at radius 2 is 2.47 bits per heavy atom. The van der Waals surface area contributed by atoms with Crippen LogP contribution in [0.3, 0.4) is 0 Å². The Morgan fingerprint density at radius 3 is 3.13 bits per heavy atom. The molecule has 2 aliphatic heterocycles. The number of carbonyl (C=O) groups excluding carboxylic acids is 1. The summed E-state index contributed by atoms with van der Waals surface area (Å²) in [7, 11) is 0. The molecule has 2 aliphatic rings. The molecule has 1 fully saturated rings. The Kier molecular flexibility index (Phi) is 2.36. The monoisotopic (exact) mass is 212 g/mol. The van der Waals surface area contributed by atoms with E-state index in [2.05, 4.69) is 0 Å². The summed E-state index contributed by atoms with van der Waals surface area (Å²) in [5.41, 5.74) is 1.04. The first-order chi connectivity index (χ1) is 7.09. The Balaban J connectivity index is 2.08. The average molecular weight is 212 g/mol. The number of rotatable bonds is 3. The zero-order chi connectivity index (χ0) is 11.0. The normalized spacial score (nSPS) is 24.5. The van der Waals surface area contributed by atoms with Gasteiger partial charge in [-0.3, -0.25) is 4.84 Å². The smallest absolute Gasteiger partial charge is 0.344 e. The number of hydrogen-bond acceptors (Lipinski definition) is 3. The van der Waals surface area contributed by atoms with Gasteiger partial charge >= 0.3 is 12.0 Å².